The molecule has 0 spiro atoms. The van der Waals surface area contributed by atoms with Crippen LogP contribution in [0.5, 0.6) is 11.5 Å². The highest BCUT2D eigenvalue weighted by Gasteiger charge is 2.30. The maximum absolute atomic E-state index is 12.4. The Bertz CT molecular complexity index is 595. The van der Waals surface area contributed by atoms with Gasteiger partial charge in [-0.05, 0) is 48.9 Å². The predicted octanol–water partition coefficient (Wildman–Crippen LogP) is 5.53. The number of halogens is 3. The highest BCUT2D eigenvalue weighted by molar-refractivity contribution is 5.61. The molecular weight excluding hydrogens is 265 g/mol. The first-order chi connectivity index (χ1) is 9.36. The summed E-state index contributed by atoms with van der Waals surface area (Å²) >= 11 is 0. The number of benzene rings is 2. The number of allylic oxidation sites excluding steroid dienone is 1. The summed E-state index contributed by atoms with van der Waals surface area (Å²) in [5.74, 6) is 0.927. The molecule has 1 nitrogen and oxygen atoms in total. The molecule has 0 aliphatic carbocycles. The third kappa shape index (κ3) is 3.41. The molecule has 2 rings (SSSR count). The summed E-state index contributed by atoms with van der Waals surface area (Å²) in [7, 11) is 0. The predicted molar refractivity (Wildman–Crippen MR) is 72.7 cm³/mol. The lowest BCUT2D eigenvalue weighted by atomic mass is 10.1. The summed E-state index contributed by atoms with van der Waals surface area (Å²) in [5.41, 5.74) is 1.23. The minimum absolute atomic E-state index is 0.362. The van der Waals surface area contributed by atoms with Crippen LogP contribution < -0.4 is 4.74 Å². The molecule has 2 aromatic rings. The molecule has 0 unspecified atom stereocenters. The van der Waals surface area contributed by atoms with Gasteiger partial charge in [-0.15, -0.1) is 0 Å². The van der Waals surface area contributed by atoms with Crippen LogP contribution in [0.1, 0.15) is 18.1 Å². The summed E-state index contributed by atoms with van der Waals surface area (Å²) in [6, 6.07) is 11.8. The van der Waals surface area contributed by atoms with Crippen LogP contribution in [0, 0.1) is 0 Å². The monoisotopic (exact) mass is 278 g/mol. The van der Waals surface area contributed by atoms with Gasteiger partial charge in [0.2, 0.25) is 0 Å². The lowest BCUT2D eigenvalue weighted by Gasteiger charge is -2.09. The highest BCUT2D eigenvalue weighted by Crippen LogP contribution is 2.31. The van der Waals surface area contributed by atoms with Gasteiger partial charge in [-0.2, -0.15) is 13.2 Å². The largest absolute Gasteiger partial charge is 0.457 e. The van der Waals surface area contributed by atoms with E-state index in [1.54, 1.807) is 12.1 Å². The first-order valence-corrected chi connectivity index (χ1v) is 5.97. The van der Waals surface area contributed by atoms with Crippen molar-refractivity contribution in [1.82, 2.24) is 0 Å². The molecule has 0 bridgehead atoms. The van der Waals surface area contributed by atoms with Crippen LogP contribution in [0.15, 0.2) is 55.1 Å². The smallest absolute Gasteiger partial charge is 0.416 e. The van der Waals surface area contributed by atoms with Gasteiger partial charge in [0.25, 0.3) is 0 Å². The molecule has 0 aromatic heterocycles. The number of hydrogen-bond acceptors (Lipinski definition) is 1. The molecule has 0 N–H and O–H groups in total. The van der Waals surface area contributed by atoms with Crippen molar-refractivity contribution >= 4 is 5.57 Å². The summed E-state index contributed by atoms with van der Waals surface area (Å²) in [5, 5.41) is 0. The second-order valence-corrected chi connectivity index (χ2v) is 4.43. The Morgan fingerprint density at radius 3 is 1.75 bits per heavy atom. The van der Waals surface area contributed by atoms with Gasteiger partial charge in [-0.1, -0.05) is 24.3 Å². The van der Waals surface area contributed by atoms with Gasteiger partial charge in [0, 0.05) is 0 Å². The van der Waals surface area contributed by atoms with Gasteiger partial charge in [-0.25, -0.2) is 0 Å². The van der Waals surface area contributed by atoms with Gasteiger partial charge in [0.05, 0.1) is 5.56 Å². The average molecular weight is 278 g/mol. The Kier molecular flexibility index (Phi) is 3.84. The van der Waals surface area contributed by atoms with E-state index in [2.05, 4.69) is 6.58 Å². The van der Waals surface area contributed by atoms with Crippen LogP contribution >= 0.6 is 0 Å². The van der Waals surface area contributed by atoms with Crippen LogP contribution in [0.3, 0.4) is 0 Å². The minimum Gasteiger partial charge on any atom is -0.457 e. The van der Waals surface area contributed by atoms with Crippen molar-refractivity contribution in [2.75, 3.05) is 0 Å². The molecule has 20 heavy (non-hydrogen) atoms. The van der Waals surface area contributed by atoms with E-state index in [9.17, 15) is 13.2 Å². The molecule has 0 saturated carbocycles. The number of ether oxygens (including phenoxy) is 1. The standard InChI is InChI=1S/C16H13F3O/c1-11(2)12-3-7-14(8-4-12)20-15-9-5-13(6-10-15)16(17,18)19/h3-10H,1H2,2H3. The summed E-state index contributed by atoms with van der Waals surface area (Å²) < 4.78 is 42.7. The van der Waals surface area contributed by atoms with Crippen molar-refractivity contribution in [1.29, 1.82) is 0 Å². The summed E-state index contributed by atoms with van der Waals surface area (Å²) in [6.07, 6.45) is -4.33. The van der Waals surface area contributed by atoms with Crippen molar-refractivity contribution in [2.45, 2.75) is 13.1 Å². The summed E-state index contributed by atoms with van der Waals surface area (Å²) in [6.45, 7) is 5.72. The van der Waals surface area contributed by atoms with Crippen LogP contribution in [0.4, 0.5) is 13.2 Å². The second kappa shape index (κ2) is 5.41. The molecule has 104 valence electrons. The summed E-state index contributed by atoms with van der Waals surface area (Å²) in [4.78, 5) is 0. The molecule has 0 aliphatic heterocycles. The van der Waals surface area contributed by atoms with Crippen molar-refractivity contribution in [3.8, 4) is 11.5 Å². The van der Waals surface area contributed by atoms with Crippen LogP contribution in [-0.4, -0.2) is 0 Å². The van der Waals surface area contributed by atoms with E-state index in [1.807, 2.05) is 19.1 Å². The molecule has 0 saturated heterocycles. The molecule has 0 fully saturated rings. The number of alkyl halides is 3. The zero-order valence-electron chi connectivity index (χ0n) is 10.9. The van der Waals surface area contributed by atoms with E-state index < -0.39 is 11.7 Å². The lowest BCUT2D eigenvalue weighted by Crippen LogP contribution is -2.03. The van der Waals surface area contributed by atoms with Crippen molar-refractivity contribution in [2.24, 2.45) is 0 Å². The van der Waals surface area contributed by atoms with E-state index in [0.29, 0.717) is 11.5 Å². The van der Waals surface area contributed by atoms with Gasteiger partial charge >= 0.3 is 6.18 Å². The second-order valence-electron chi connectivity index (χ2n) is 4.43. The first-order valence-electron chi connectivity index (χ1n) is 5.97. The number of hydrogen-bond donors (Lipinski definition) is 0. The van der Waals surface area contributed by atoms with Gasteiger partial charge < -0.3 is 4.74 Å². The van der Waals surface area contributed by atoms with Crippen molar-refractivity contribution < 1.29 is 17.9 Å². The fraction of sp³-hybridized carbons (Fsp3) is 0.125. The zero-order valence-corrected chi connectivity index (χ0v) is 10.9. The minimum atomic E-state index is -4.33. The quantitative estimate of drug-likeness (QED) is 0.717. The topological polar surface area (TPSA) is 9.23 Å². The fourth-order valence-corrected chi connectivity index (χ4v) is 1.66. The number of rotatable bonds is 3. The molecule has 0 heterocycles. The maximum atomic E-state index is 12.4. The molecule has 0 amide bonds. The normalized spacial score (nSPS) is 11.2. The molecule has 4 heteroatoms. The maximum Gasteiger partial charge on any atom is 0.416 e. The highest BCUT2D eigenvalue weighted by atomic mass is 19.4. The van der Waals surface area contributed by atoms with E-state index in [0.717, 1.165) is 23.3 Å². The average Bonchev–Trinajstić information content (AvgIpc) is 2.39. The third-order valence-corrected chi connectivity index (χ3v) is 2.76. The molecule has 0 radical (unpaired) electrons. The van der Waals surface area contributed by atoms with Gasteiger partial charge in [-0.3, -0.25) is 0 Å². The molecule has 0 aliphatic rings. The van der Waals surface area contributed by atoms with Gasteiger partial charge in [0.1, 0.15) is 11.5 Å². The van der Waals surface area contributed by atoms with Crippen molar-refractivity contribution in [3.63, 3.8) is 0 Å². The molecule has 0 atom stereocenters. The Hall–Kier alpha value is -2.23. The van der Waals surface area contributed by atoms with E-state index >= 15 is 0 Å². The Morgan fingerprint density at radius 2 is 1.35 bits per heavy atom. The Balaban J connectivity index is 2.12. The third-order valence-electron chi connectivity index (χ3n) is 2.76. The first kappa shape index (κ1) is 14.2. The van der Waals surface area contributed by atoms with Crippen LogP contribution in [0.2, 0.25) is 0 Å². The van der Waals surface area contributed by atoms with E-state index in [-0.39, 0.29) is 0 Å². The van der Waals surface area contributed by atoms with Crippen LogP contribution in [-0.2, 0) is 6.18 Å². The SMILES string of the molecule is C=C(C)c1ccc(Oc2ccc(C(F)(F)F)cc2)cc1. The fourth-order valence-electron chi connectivity index (χ4n) is 1.66. The molecular formula is C16H13F3O. The van der Waals surface area contributed by atoms with E-state index in [4.69, 9.17) is 4.74 Å². The van der Waals surface area contributed by atoms with Gasteiger partial charge in [0.15, 0.2) is 0 Å². The lowest BCUT2D eigenvalue weighted by molar-refractivity contribution is -0.137. The van der Waals surface area contributed by atoms with Crippen LogP contribution in [0.25, 0.3) is 5.57 Å². The Morgan fingerprint density at radius 1 is 0.900 bits per heavy atom. The van der Waals surface area contributed by atoms with E-state index in [1.165, 1.54) is 12.1 Å². The molecule has 2 aromatic carbocycles. The Labute approximate surface area is 115 Å². The van der Waals surface area contributed by atoms with Crippen molar-refractivity contribution in [3.05, 3.63) is 66.2 Å². The zero-order chi connectivity index (χ0) is 14.8.